The zero-order valence-electron chi connectivity index (χ0n) is 16.0. The van der Waals surface area contributed by atoms with Crippen molar-refractivity contribution in [1.82, 2.24) is 15.1 Å². The fourth-order valence-corrected chi connectivity index (χ4v) is 3.72. The highest BCUT2D eigenvalue weighted by Crippen LogP contribution is 2.44. The number of amides is 1. The molecule has 1 aliphatic rings. The minimum Gasteiger partial charge on any atom is -0.481 e. The van der Waals surface area contributed by atoms with Gasteiger partial charge in [0.25, 0.3) is 0 Å². The molecule has 2 aromatic carbocycles. The van der Waals surface area contributed by atoms with Crippen LogP contribution in [0.3, 0.4) is 0 Å². The van der Waals surface area contributed by atoms with E-state index in [2.05, 4.69) is 5.32 Å². The van der Waals surface area contributed by atoms with Crippen molar-refractivity contribution in [3.05, 3.63) is 72.4 Å². The fraction of sp³-hybridized carbons (Fsp3) is 0.261. The van der Waals surface area contributed by atoms with Gasteiger partial charge in [0, 0.05) is 30.3 Å². The second-order valence-corrected chi connectivity index (χ2v) is 7.54. The first-order chi connectivity index (χ1) is 14.1. The van der Waals surface area contributed by atoms with Crippen molar-refractivity contribution in [2.45, 2.75) is 32.2 Å². The summed E-state index contributed by atoms with van der Waals surface area (Å²) >= 11 is 0. The number of aliphatic carboxylic acids is 1. The van der Waals surface area contributed by atoms with Gasteiger partial charge >= 0.3 is 5.97 Å². The molecule has 2 N–H and O–H groups in total. The monoisotopic (exact) mass is 389 g/mol. The number of hydrogen-bond acceptors (Lipinski definition) is 3. The van der Waals surface area contributed by atoms with Crippen molar-refractivity contribution >= 4 is 11.9 Å². The van der Waals surface area contributed by atoms with Crippen LogP contribution in [0, 0.1) is 5.41 Å². The highest BCUT2D eigenvalue weighted by molar-refractivity contribution is 5.85. The molecule has 1 fully saturated rings. The quantitative estimate of drug-likeness (QED) is 0.644. The normalized spacial score (nSPS) is 14.8. The molecule has 6 heteroatoms. The molecule has 0 bridgehead atoms. The molecule has 0 spiro atoms. The van der Waals surface area contributed by atoms with Crippen molar-refractivity contribution in [2.24, 2.45) is 5.41 Å². The summed E-state index contributed by atoms with van der Waals surface area (Å²) in [5.41, 5.74) is 2.69. The van der Waals surface area contributed by atoms with Crippen molar-refractivity contribution in [3.8, 4) is 16.9 Å². The summed E-state index contributed by atoms with van der Waals surface area (Å²) in [4.78, 5) is 24.0. The highest BCUT2D eigenvalue weighted by Gasteiger charge is 2.45. The van der Waals surface area contributed by atoms with Gasteiger partial charge in [-0.15, -0.1) is 0 Å². The third-order valence-electron chi connectivity index (χ3n) is 5.60. The zero-order valence-corrected chi connectivity index (χ0v) is 16.0. The molecule has 0 aliphatic heterocycles. The number of carbonyl (C=O) groups excluding carboxylic acids is 1. The standard InChI is InChI=1S/C23H23N3O3/c27-20(14-23(22(28)29)12-7-13-23)24-15-18-16-26(19-10-5-2-6-11-19)25-21(18)17-8-3-1-4-9-17/h1-6,8-11,16H,7,12-15H2,(H,24,27)(H,28,29). The lowest BCUT2D eigenvalue weighted by molar-refractivity contribution is -0.157. The average Bonchev–Trinajstić information content (AvgIpc) is 3.14. The van der Waals surface area contributed by atoms with Crippen LogP contribution in [-0.4, -0.2) is 26.8 Å². The minimum atomic E-state index is -0.888. The number of rotatable bonds is 7. The van der Waals surface area contributed by atoms with E-state index in [1.807, 2.05) is 66.9 Å². The lowest BCUT2D eigenvalue weighted by Crippen LogP contribution is -2.42. The molecule has 0 atom stereocenters. The van der Waals surface area contributed by atoms with Crippen LogP contribution in [-0.2, 0) is 16.1 Å². The molecule has 1 saturated carbocycles. The van der Waals surface area contributed by atoms with Crippen molar-refractivity contribution in [1.29, 1.82) is 0 Å². The number of carboxylic acid groups (broad SMARTS) is 1. The molecule has 3 aromatic rings. The van der Waals surface area contributed by atoms with Crippen LogP contribution < -0.4 is 5.32 Å². The van der Waals surface area contributed by atoms with Gasteiger partial charge in [0.15, 0.2) is 0 Å². The number of nitrogens with one attached hydrogen (secondary N) is 1. The van der Waals surface area contributed by atoms with Gasteiger partial charge in [-0.2, -0.15) is 5.10 Å². The highest BCUT2D eigenvalue weighted by atomic mass is 16.4. The predicted octanol–water partition coefficient (Wildman–Crippen LogP) is 3.80. The summed E-state index contributed by atoms with van der Waals surface area (Å²) in [6, 6.07) is 19.6. The van der Waals surface area contributed by atoms with Gasteiger partial charge < -0.3 is 10.4 Å². The molecule has 0 radical (unpaired) electrons. The molecule has 1 heterocycles. The van der Waals surface area contributed by atoms with E-state index in [-0.39, 0.29) is 12.3 Å². The smallest absolute Gasteiger partial charge is 0.310 e. The molecule has 1 aliphatic carbocycles. The van der Waals surface area contributed by atoms with E-state index in [1.54, 1.807) is 4.68 Å². The van der Waals surface area contributed by atoms with Crippen LogP contribution in [0.5, 0.6) is 0 Å². The number of aromatic nitrogens is 2. The number of para-hydroxylation sites is 1. The van der Waals surface area contributed by atoms with Gasteiger partial charge in [0.1, 0.15) is 0 Å². The van der Waals surface area contributed by atoms with E-state index in [0.717, 1.165) is 28.9 Å². The van der Waals surface area contributed by atoms with Gasteiger partial charge in [0.05, 0.1) is 16.8 Å². The molecule has 148 valence electrons. The molecular formula is C23H23N3O3. The van der Waals surface area contributed by atoms with Gasteiger partial charge in [-0.05, 0) is 25.0 Å². The Bertz CT molecular complexity index is 1010. The number of hydrogen-bond donors (Lipinski definition) is 2. The molecule has 29 heavy (non-hydrogen) atoms. The SMILES string of the molecule is O=C(CC1(C(=O)O)CCC1)NCc1cn(-c2ccccc2)nc1-c1ccccc1. The first-order valence-corrected chi connectivity index (χ1v) is 9.77. The van der Waals surface area contributed by atoms with Crippen LogP contribution in [0.1, 0.15) is 31.2 Å². The zero-order chi connectivity index (χ0) is 20.3. The average molecular weight is 389 g/mol. The summed E-state index contributed by atoms with van der Waals surface area (Å²) in [7, 11) is 0. The third kappa shape index (κ3) is 3.92. The van der Waals surface area contributed by atoms with Crippen molar-refractivity contribution < 1.29 is 14.7 Å². The first kappa shape index (κ1) is 18.9. The van der Waals surface area contributed by atoms with Gasteiger partial charge in [0.2, 0.25) is 5.91 Å². The summed E-state index contributed by atoms with van der Waals surface area (Å²) in [5.74, 6) is -1.11. The van der Waals surface area contributed by atoms with E-state index in [0.29, 0.717) is 19.4 Å². The van der Waals surface area contributed by atoms with Crippen LogP contribution in [0.15, 0.2) is 66.9 Å². The maximum absolute atomic E-state index is 12.5. The Morgan fingerprint density at radius 2 is 1.69 bits per heavy atom. The minimum absolute atomic E-state index is 0.0236. The Hall–Kier alpha value is -3.41. The Morgan fingerprint density at radius 3 is 2.28 bits per heavy atom. The molecule has 0 saturated heterocycles. The number of benzene rings is 2. The summed E-state index contributed by atoms with van der Waals surface area (Å²) in [6.07, 6.45) is 3.93. The Balaban J connectivity index is 1.55. The molecule has 4 rings (SSSR count). The third-order valence-corrected chi connectivity index (χ3v) is 5.60. The number of nitrogens with zero attached hydrogens (tertiary/aromatic N) is 2. The van der Waals surface area contributed by atoms with Gasteiger partial charge in [-0.3, -0.25) is 9.59 Å². The van der Waals surface area contributed by atoms with Crippen LogP contribution >= 0.6 is 0 Å². The molecule has 1 aromatic heterocycles. The first-order valence-electron chi connectivity index (χ1n) is 9.77. The molecular weight excluding hydrogens is 366 g/mol. The fourth-order valence-electron chi connectivity index (χ4n) is 3.72. The van der Waals surface area contributed by atoms with Crippen LogP contribution in [0.25, 0.3) is 16.9 Å². The van der Waals surface area contributed by atoms with Crippen LogP contribution in [0.4, 0.5) is 0 Å². The van der Waals surface area contributed by atoms with E-state index in [4.69, 9.17) is 5.10 Å². The number of carboxylic acids is 1. The lowest BCUT2D eigenvalue weighted by Gasteiger charge is -2.36. The van der Waals surface area contributed by atoms with E-state index in [1.165, 1.54) is 0 Å². The summed E-state index contributed by atoms with van der Waals surface area (Å²) in [5, 5.41) is 17.1. The Kier molecular flexibility index (Phi) is 5.16. The largest absolute Gasteiger partial charge is 0.481 e. The maximum Gasteiger partial charge on any atom is 0.310 e. The second kappa shape index (κ2) is 7.91. The van der Waals surface area contributed by atoms with E-state index >= 15 is 0 Å². The topological polar surface area (TPSA) is 84.2 Å². The number of carbonyl (C=O) groups is 2. The van der Waals surface area contributed by atoms with Gasteiger partial charge in [-0.1, -0.05) is 55.0 Å². The maximum atomic E-state index is 12.5. The Morgan fingerprint density at radius 1 is 1.03 bits per heavy atom. The Labute approximate surface area is 169 Å². The second-order valence-electron chi connectivity index (χ2n) is 7.54. The predicted molar refractivity (Wildman–Crippen MR) is 109 cm³/mol. The van der Waals surface area contributed by atoms with Crippen molar-refractivity contribution in [2.75, 3.05) is 0 Å². The summed E-state index contributed by atoms with van der Waals surface area (Å²) in [6.45, 7) is 0.297. The molecule has 1 amide bonds. The molecule has 6 nitrogen and oxygen atoms in total. The van der Waals surface area contributed by atoms with Crippen molar-refractivity contribution in [3.63, 3.8) is 0 Å². The lowest BCUT2D eigenvalue weighted by atomic mass is 9.66. The van der Waals surface area contributed by atoms with E-state index in [9.17, 15) is 14.7 Å². The molecule has 0 unspecified atom stereocenters. The van der Waals surface area contributed by atoms with Gasteiger partial charge in [-0.25, -0.2) is 4.68 Å². The summed E-state index contributed by atoms with van der Waals surface area (Å²) < 4.78 is 1.80. The van der Waals surface area contributed by atoms with E-state index < -0.39 is 11.4 Å². The van der Waals surface area contributed by atoms with Crippen LogP contribution in [0.2, 0.25) is 0 Å².